The first-order valence-electron chi connectivity index (χ1n) is 12.6. The lowest BCUT2D eigenvalue weighted by Crippen LogP contribution is -2.52. The summed E-state index contributed by atoms with van der Waals surface area (Å²) in [5.41, 5.74) is 1.28. The molecule has 2 aliphatic heterocycles. The number of nitrogens with zero attached hydrogens (tertiary/aromatic N) is 1. The third-order valence-electron chi connectivity index (χ3n) is 7.72. The van der Waals surface area contributed by atoms with E-state index in [1.165, 1.54) is 4.90 Å². The van der Waals surface area contributed by atoms with Gasteiger partial charge in [0.2, 0.25) is 11.8 Å². The Morgan fingerprint density at radius 1 is 1.06 bits per heavy atom. The summed E-state index contributed by atoms with van der Waals surface area (Å²) < 4.78 is 24.3. The van der Waals surface area contributed by atoms with Crippen molar-refractivity contribution in [1.29, 1.82) is 0 Å². The van der Waals surface area contributed by atoms with Gasteiger partial charge in [-0.1, -0.05) is 31.7 Å². The van der Waals surface area contributed by atoms with E-state index < -0.39 is 18.0 Å². The van der Waals surface area contributed by atoms with E-state index in [-0.39, 0.29) is 49.0 Å². The summed E-state index contributed by atoms with van der Waals surface area (Å²) in [5.74, 6) is -1.25. The summed E-state index contributed by atoms with van der Waals surface area (Å²) in [6.07, 6.45) is 9.22. The van der Waals surface area contributed by atoms with Gasteiger partial charge in [0.15, 0.2) is 0 Å². The number of carbonyl (C=O) groups is 3. The van der Waals surface area contributed by atoms with Gasteiger partial charge < -0.3 is 10.2 Å². The molecule has 0 radical (unpaired) electrons. The van der Waals surface area contributed by atoms with Crippen LogP contribution in [-0.2, 0) is 22.6 Å². The van der Waals surface area contributed by atoms with Gasteiger partial charge in [-0.25, -0.2) is 4.39 Å². The van der Waals surface area contributed by atoms with Crippen LogP contribution in [0.4, 0.5) is 4.39 Å². The number of carbonyl (C=O) groups excluding carboxylic acids is 3. The third kappa shape index (κ3) is 4.07. The van der Waals surface area contributed by atoms with E-state index in [2.05, 4.69) is 10.6 Å². The fourth-order valence-corrected chi connectivity index (χ4v) is 5.94. The first kappa shape index (κ1) is 20.3. The summed E-state index contributed by atoms with van der Waals surface area (Å²) in [6, 6.07) is 2.33. The smallest absolute Gasteiger partial charge is 0.255 e. The lowest BCUT2D eigenvalue weighted by Gasteiger charge is -2.34. The molecule has 172 valence electrons. The topological polar surface area (TPSA) is 78.5 Å². The predicted octanol–water partition coefficient (Wildman–Crippen LogP) is 3.22. The first-order valence-corrected chi connectivity index (χ1v) is 12.1. The Balaban J connectivity index is 1.33. The second-order valence-corrected chi connectivity index (χ2v) is 9.77. The van der Waals surface area contributed by atoms with Crippen molar-refractivity contribution in [2.45, 2.75) is 95.3 Å². The van der Waals surface area contributed by atoms with E-state index in [0.29, 0.717) is 23.1 Å². The van der Waals surface area contributed by atoms with Crippen LogP contribution in [0.1, 0.15) is 87.1 Å². The molecule has 0 bridgehead atoms. The molecule has 3 atom stereocenters. The first-order chi connectivity index (χ1) is 15.8. The van der Waals surface area contributed by atoms with Crippen molar-refractivity contribution in [2.75, 3.05) is 0 Å². The minimum Gasteiger partial charge on any atom is -0.322 e. The molecule has 1 aromatic carbocycles. The van der Waals surface area contributed by atoms with Gasteiger partial charge >= 0.3 is 0 Å². The number of rotatable bonds is 5. The number of imide groups is 1. The molecule has 6 nitrogen and oxygen atoms in total. The van der Waals surface area contributed by atoms with Crippen molar-refractivity contribution in [3.8, 4) is 0 Å². The van der Waals surface area contributed by atoms with Crippen LogP contribution in [0.5, 0.6) is 0 Å². The number of nitrogens with one attached hydrogen (secondary N) is 2. The highest BCUT2D eigenvalue weighted by Crippen LogP contribution is 2.34. The minimum atomic E-state index is -0.739. The number of benzene rings is 1. The number of hydrogen-bond acceptors (Lipinski definition) is 4. The molecule has 7 heteroatoms. The lowest BCUT2D eigenvalue weighted by atomic mass is 9.80. The van der Waals surface area contributed by atoms with Crippen LogP contribution >= 0.6 is 0 Å². The van der Waals surface area contributed by atoms with Crippen molar-refractivity contribution in [2.24, 2.45) is 5.92 Å². The van der Waals surface area contributed by atoms with Gasteiger partial charge in [0.1, 0.15) is 11.9 Å². The quantitative estimate of drug-likeness (QED) is 0.687. The van der Waals surface area contributed by atoms with Crippen LogP contribution in [0, 0.1) is 11.7 Å². The molecule has 3 amide bonds. The van der Waals surface area contributed by atoms with Gasteiger partial charge in [0, 0.05) is 31.0 Å². The molecule has 2 N–H and O–H groups in total. The highest BCUT2D eigenvalue weighted by molar-refractivity contribution is 6.05. The molecular weight excluding hydrogens is 409 g/mol. The van der Waals surface area contributed by atoms with Crippen molar-refractivity contribution >= 4 is 17.7 Å². The van der Waals surface area contributed by atoms with Gasteiger partial charge in [0.25, 0.3) is 5.91 Å². The average Bonchev–Trinajstić information content (AvgIpc) is 3.35. The molecule has 2 saturated carbocycles. The Bertz CT molecular complexity index is 978. The van der Waals surface area contributed by atoms with Gasteiger partial charge in [0.05, 0.1) is 6.54 Å². The largest absolute Gasteiger partial charge is 0.322 e. The monoisotopic (exact) mass is 442 g/mol. The van der Waals surface area contributed by atoms with Crippen molar-refractivity contribution in [3.63, 3.8) is 0 Å². The molecule has 5 rings (SSSR count). The summed E-state index contributed by atoms with van der Waals surface area (Å²) in [4.78, 5) is 38.0. The Hall–Kier alpha value is -2.28. The highest BCUT2D eigenvalue weighted by atomic mass is 19.1. The maximum atomic E-state index is 15.6. The molecule has 1 aromatic rings. The lowest BCUT2D eigenvalue weighted by molar-refractivity contribution is -0.136. The van der Waals surface area contributed by atoms with E-state index in [0.717, 1.165) is 51.4 Å². The summed E-state index contributed by atoms with van der Waals surface area (Å²) in [6.45, 7) is 0.0578. The average molecular weight is 443 g/mol. The van der Waals surface area contributed by atoms with Crippen LogP contribution in [0.2, 0.25) is 0 Å². The SMILES string of the molecule is [2H]C1(N[C@H]2CCCC[C@@H]2Cc2ccc3c(c2F)CN(C2CCC(=O)NC2=O)C3=O)CCCC1. The molecule has 0 spiro atoms. The zero-order valence-corrected chi connectivity index (χ0v) is 18.4. The van der Waals surface area contributed by atoms with Gasteiger partial charge in [-0.3, -0.25) is 19.7 Å². The zero-order valence-electron chi connectivity index (χ0n) is 19.4. The Kier molecular flexibility index (Phi) is 5.67. The van der Waals surface area contributed by atoms with Gasteiger partial charge in [-0.05, 0) is 56.1 Å². The van der Waals surface area contributed by atoms with E-state index in [1.807, 2.05) is 0 Å². The number of halogens is 1. The van der Waals surface area contributed by atoms with Gasteiger partial charge in [-0.2, -0.15) is 0 Å². The van der Waals surface area contributed by atoms with E-state index in [4.69, 9.17) is 1.37 Å². The van der Waals surface area contributed by atoms with Crippen LogP contribution in [0.25, 0.3) is 0 Å². The normalized spacial score (nSPS) is 30.3. The molecule has 0 aromatic heterocycles. The van der Waals surface area contributed by atoms with Crippen LogP contribution < -0.4 is 10.6 Å². The van der Waals surface area contributed by atoms with Crippen LogP contribution in [-0.4, -0.2) is 40.7 Å². The molecule has 1 unspecified atom stereocenters. The van der Waals surface area contributed by atoms with E-state index in [9.17, 15) is 14.4 Å². The molecule has 1 saturated heterocycles. The summed E-state index contributed by atoms with van der Waals surface area (Å²) in [7, 11) is 0. The van der Waals surface area contributed by atoms with E-state index in [1.54, 1.807) is 12.1 Å². The molecule has 32 heavy (non-hydrogen) atoms. The molecule has 4 aliphatic rings. The number of piperidine rings is 1. The van der Waals surface area contributed by atoms with Crippen LogP contribution in [0.3, 0.4) is 0 Å². The highest BCUT2D eigenvalue weighted by Gasteiger charge is 2.40. The zero-order chi connectivity index (χ0) is 23.2. The predicted molar refractivity (Wildman–Crippen MR) is 117 cm³/mol. The molecule has 3 fully saturated rings. The number of fused-ring (bicyclic) bond motifs is 1. The minimum absolute atomic E-state index is 0.0578. The number of hydrogen-bond donors (Lipinski definition) is 2. The Morgan fingerprint density at radius 2 is 1.81 bits per heavy atom. The van der Waals surface area contributed by atoms with Crippen molar-refractivity contribution in [1.82, 2.24) is 15.5 Å². The van der Waals surface area contributed by atoms with Crippen molar-refractivity contribution < 1.29 is 20.1 Å². The molecule has 2 heterocycles. The second kappa shape index (κ2) is 8.93. The molecular formula is C25H32FN3O3. The fourth-order valence-electron chi connectivity index (χ4n) is 5.94. The Morgan fingerprint density at radius 3 is 2.59 bits per heavy atom. The van der Waals surface area contributed by atoms with Crippen molar-refractivity contribution in [3.05, 3.63) is 34.6 Å². The summed E-state index contributed by atoms with van der Waals surface area (Å²) >= 11 is 0. The third-order valence-corrected chi connectivity index (χ3v) is 7.72. The maximum absolute atomic E-state index is 15.6. The maximum Gasteiger partial charge on any atom is 0.255 e. The summed E-state index contributed by atoms with van der Waals surface area (Å²) in [5, 5.41) is 5.90. The van der Waals surface area contributed by atoms with Crippen LogP contribution in [0.15, 0.2) is 12.1 Å². The standard InChI is InChI=1S/C25H32FN3O3/c26-23-16(13-15-5-1-4-8-20(15)27-17-6-2-3-7-17)9-10-18-19(23)14-29(25(18)32)21-11-12-22(30)28-24(21)31/h9-10,15,17,20-21,27H,1-8,11-14H2,(H,28,30,31)/t15-,20+,21?/m1/s1/i17D. The van der Waals surface area contributed by atoms with E-state index >= 15 is 4.39 Å². The Labute approximate surface area is 189 Å². The van der Waals surface area contributed by atoms with Gasteiger partial charge in [-0.15, -0.1) is 0 Å². The molecule has 2 aliphatic carbocycles. The second-order valence-electron chi connectivity index (χ2n) is 9.77. The number of amides is 3. The fraction of sp³-hybridized carbons (Fsp3) is 0.640.